The smallest absolute Gasteiger partial charge is 0.168 e. The van der Waals surface area contributed by atoms with Gasteiger partial charge in [0.15, 0.2) is 11.6 Å². The molecule has 0 bridgehead atoms. The minimum absolute atomic E-state index is 0.340. The zero-order valence-electron chi connectivity index (χ0n) is 8.06. The Bertz CT molecular complexity index is 328. The van der Waals surface area contributed by atoms with Gasteiger partial charge in [-0.3, -0.25) is 0 Å². The lowest BCUT2D eigenvalue weighted by Crippen LogP contribution is -2.28. The fourth-order valence-corrected chi connectivity index (χ4v) is 1.19. The molecule has 72 valence electrons. The number of aromatic hydroxyl groups is 1. The van der Waals surface area contributed by atoms with Crippen LogP contribution < -0.4 is 5.73 Å². The SMILES string of the molecule is Cc1ccc(C(C)(C)N)c(O)c1F. The Morgan fingerprint density at radius 2 is 1.92 bits per heavy atom. The molecule has 0 atom stereocenters. The lowest BCUT2D eigenvalue weighted by Gasteiger charge is -2.20. The number of aryl methyl sites for hydroxylation is 1. The molecule has 2 nitrogen and oxygen atoms in total. The minimum atomic E-state index is -0.724. The molecule has 0 radical (unpaired) electrons. The van der Waals surface area contributed by atoms with Gasteiger partial charge in [0.25, 0.3) is 0 Å². The van der Waals surface area contributed by atoms with Crippen LogP contribution in [0.25, 0.3) is 0 Å². The second-order valence-electron chi connectivity index (χ2n) is 3.81. The molecule has 1 aromatic carbocycles. The van der Waals surface area contributed by atoms with E-state index in [0.717, 1.165) is 0 Å². The molecule has 3 heteroatoms. The number of halogens is 1. The van der Waals surface area contributed by atoms with Crippen LogP contribution in [0.1, 0.15) is 25.0 Å². The van der Waals surface area contributed by atoms with Crippen LogP contribution in [0.3, 0.4) is 0 Å². The molecule has 13 heavy (non-hydrogen) atoms. The quantitative estimate of drug-likeness (QED) is 0.699. The summed E-state index contributed by atoms with van der Waals surface area (Å²) in [5.74, 6) is -0.927. The summed E-state index contributed by atoms with van der Waals surface area (Å²) < 4.78 is 13.2. The van der Waals surface area contributed by atoms with Crippen molar-refractivity contribution in [3.05, 3.63) is 29.1 Å². The molecule has 3 N–H and O–H groups in total. The number of phenols is 1. The maximum Gasteiger partial charge on any atom is 0.168 e. The highest BCUT2D eigenvalue weighted by Crippen LogP contribution is 2.30. The highest BCUT2D eigenvalue weighted by Gasteiger charge is 2.21. The Labute approximate surface area is 77.2 Å². The second kappa shape index (κ2) is 3.00. The number of benzene rings is 1. The van der Waals surface area contributed by atoms with E-state index < -0.39 is 11.4 Å². The maximum absolute atomic E-state index is 13.2. The van der Waals surface area contributed by atoms with Gasteiger partial charge in [0.2, 0.25) is 0 Å². The molecule has 0 aromatic heterocycles. The van der Waals surface area contributed by atoms with Gasteiger partial charge in [-0.15, -0.1) is 0 Å². The molecule has 1 rings (SSSR count). The largest absolute Gasteiger partial charge is 0.505 e. The van der Waals surface area contributed by atoms with Crippen LogP contribution >= 0.6 is 0 Å². The lowest BCUT2D eigenvalue weighted by molar-refractivity contribution is 0.403. The number of nitrogens with two attached hydrogens (primary N) is 1. The van der Waals surface area contributed by atoms with Gasteiger partial charge in [-0.2, -0.15) is 0 Å². The Kier molecular flexibility index (Phi) is 2.30. The fourth-order valence-electron chi connectivity index (χ4n) is 1.19. The van der Waals surface area contributed by atoms with Gasteiger partial charge in [-0.1, -0.05) is 12.1 Å². The summed E-state index contributed by atoms with van der Waals surface area (Å²) >= 11 is 0. The first-order valence-corrected chi connectivity index (χ1v) is 4.11. The van der Waals surface area contributed by atoms with Crippen LogP contribution in [-0.4, -0.2) is 5.11 Å². The van der Waals surface area contributed by atoms with Crippen LogP contribution in [0.2, 0.25) is 0 Å². The Morgan fingerprint density at radius 1 is 1.38 bits per heavy atom. The topological polar surface area (TPSA) is 46.2 Å². The molecule has 0 saturated heterocycles. The molecular weight excluding hydrogens is 169 g/mol. The van der Waals surface area contributed by atoms with Crippen molar-refractivity contribution in [3.63, 3.8) is 0 Å². The van der Waals surface area contributed by atoms with Crippen LogP contribution in [0.15, 0.2) is 12.1 Å². The van der Waals surface area contributed by atoms with Crippen molar-refractivity contribution in [2.24, 2.45) is 5.73 Å². The van der Waals surface area contributed by atoms with Gasteiger partial charge in [0.05, 0.1) is 0 Å². The first kappa shape index (κ1) is 9.99. The lowest BCUT2D eigenvalue weighted by atomic mass is 9.93. The third kappa shape index (κ3) is 1.80. The van der Waals surface area contributed by atoms with E-state index in [1.165, 1.54) is 0 Å². The molecule has 0 fully saturated rings. The summed E-state index contributed by atoms with van der Waals surface area (Å²) in [5.41, 5.74) is 5.87. The molecule has 0 aliphatic carbocycles. The van der Waals surface area contributed by atoms with Gasteiger partial charge >= 0.3 is 0 Å². The van der Waals surface area contributed by atoms with Crippen molar-refractivity contribution in [2.45, 2.75) is 26.3 Å². The van der Waals surface area contributed by atoms with Gasteiger partial charge in [-0.25, -0.2) is 4.39 Å². The van der Waals surface area contributed by atoms with E-state index >= 15 is 0 Å². The molecular formula is C10H14FNO. The summed E-state index contributed by atoms with van der Waals surface area (Å²) in [6.07, 6.45) is 0. The summed E-state index contributed by atoms with van der Waals surface area (Å²) in [4.78, 5) is 0. The molecule has 0 spiro atoms. The third-order valence-electron chi connectivity index (χ3n) is 2.00. The number of hydrogen-bond acceptors (Lipinski definition) is 2. The summed E-state index contributed by atoms with van der Waals surface area (Å²) in [6.45, 7) is 5.04. The molecule has 0 heterocycles. The monoisotopic (exact) mass is 183 g/mol. The summed E-state index contributed by atoms with van der Waals surface area (Å²) in [5, 5.41) is 9.46. The van der Waals surface area contributed by atoms with Gasteiger partial charge in [-0.05, 0) is 26.3 Å². The average molecular weight is 183 g/mol. The third-order valence-corrected chi connectivity index (χ3v) is 2.00. The van der Waals surface area contributed by atoms with E-state index in [1.807, 2.05) is 0 Å². The molecule has 0 aliphatic rings. The average Bonchev–Trinajstić information content (AvgIpc) is 1.98. The minimum Gasteiger partial charge on any atom is -0.505 e. The summed E-state index contributed by atoms with van der Waals surface area (Å²) in [7, 11) is 0. The normalized spacial score (nSPS) is 11.8. The van der Waals surface area contributed by atoms with Crippen molar-refractivity contribution in [3.8, 4) is 5.75 Å². The Hall–Kier alpha value is -1.09. The van der Waals surface area contributed by atoms with E-state index in [1.54, 1.807) is 32.9 Å². The van der Waals surface area contributed by atoms with Crippen molar-refractivity contribution in [1.82, 2.24) is 0 Å². The molecule has 0 saturated carbocycles. The molecule has 1 aromatic rings. The zero-order chi connectivity index (χ0) is 10.2. The second-order valence-corrected chi connectivity index (χ2v) is 3.81. The first-order valence-electron chi connectivity index (χ1n) is 4.11. The standard InChI is InChI=1S/C10H14FNO/c1-6-4-5-7(10(2,3)12)9(13)8(6)11/h4-5,13H,12H2,1-3H3. The van der Waals surface area contributed by atoms with E-state index in [-0.39, 0.29) is 5.75 Å². The Morgan fingerprint density at radius 3 is 2.38 bits per heavy atom. The van der Waals surface area contributed by atoms with Crippen molar-refractivity contribution in [1.29, 1.82) is 0 Å². The van der Waals surface area contributed by atoms with E-state index in [0.29, 0.717) is 11.1 Å². The van der Waals surface area contributed by atoms with E-state index in [4.69, 9.17) is 5.73 Å². The maximum atomic E-state index is 13.2. The Balaban J connectivity index is 3.35. The van der Waals surface area contributed by atoms with E-state index in [9.17, 15) is 9.50 Å². The predicted molar refractivity (Wildman–Crippen MR) is 50.0 cm³/mol. The van der Waals surface area contributed by atoms with Crippen molar-refractivity contribution in [2.75, 3.05) is 0 Å². The van der Waals surface area contributed by atoms with Crippen LogP contribution in [0.4, 0.5) is 4.39 Å². The van der Waals surface area contributed by atoms with Gasteiger partial charge in [0, 0.05) is 11.1 Å². The molecule has 0 amide bonds. The number of phenolic OH excluding ortho intramolecular Hbond substituents is 1. The van der Waals surface area contributed by atoms with Gasteiger partial charge < -0.3 is 10.8 Å². The highest BCUT2D eigenvalue weighted by atomic mass is 19.1. The van der Waals surface area contributed by atoms with Crippen LogP contribution in [0.5, 0.6) is 5.75 Å². The number of hydrogen-bond donors (Lipinski definition) is 2. The molecule has 0 unspecified atom stereocenters. The zero-order valence-corrected chi connectivity index (χ0v) is 8.06. The van der Waals surface area contributed by atoms with Crippen molar-refractivity contribution < 1.29 is 9.50 Å². The van der Waals surface area contributed by atoms with E-state index in [2.05, 4.69) is 0 Å². The predicted octanol–water partition coefficient (Wildman–Crippen LogP) is 2.03. The highest BCUT2D eigenvalue weighted by molar-refractivity contribution is 5.41. The molecule has 0 aliphatic heterocycles. The fraction of sp³-hybridized carbons (Fsp3) is 0.400. The number of rotatable bonds is 1. The van der Waals surface area contributed by atoms with Crippen molar-refractivity contribution >= 4 is 0 Å². The van der Waals surface area contributed by atoms with Crippen LogP contribution in [0, 0.1) is 12.7 Å². The first-order chi connectivity index (χ1) is 5.84. The van der Waals surface area contributed by atoms with Gasteiger partial charge in [0.1, 0.15) is 0 Å². The van der Waals surface area contributed by atoms with Crippen LogP contribution in [-0.2, 0) is 5.54 Å². The summed E-state index contributed by atoms with van der Waals surface area (Å²) in [6, 6.07) is 3.26.